The molecule has 0 saturated heterocycles. The lowest BCUT2D eigenvalue weighted by atomic mass is 10.1. The van der Waals surface area contributed by atoms with Crippen molar-refractivity contribution in [3.63, 3.8) is 0 Å². The molecule has 3 heterocycles. The minimum absolute atomic E-state index is 0.227. The number of hydrogen-bond donors (Lipinski definition) is 0. The number of nitrogens with zero attached hydrogens (tertiary/aromatic N) is 4. The van der Waals surface area contributed by atoms with Crippen LogP contribution in [-0.2, 0) is 0 Å². The number of benzene rings is 3. The monoisotopic (exact) mass is 426 g/mol. The van der Waals surface area contributed by atoms with Crippen LogP contribution in [0.3, 0.4) is 0 Å². The Labute approximate surface area is 188 Å². The second-order valence-corrected chi connectivity index (χ2v) is 8.58. The first-order chi connectivity index (χ1) is 15.8. The van der Waals surface area contributed by atoms with Crippen molar-refractivity contribution >= 4 is 45.7 Å². The lowest BCUT2D eigenvalue weighted by molar-refractivity contribution is 1.11. The zero-order valence-corrected chi connectivity index (χ0v) is 17.6. The molecule has 148 valence electrons. The Hall–Kier alpha value is -4.32. The summed E-state index contributed by atoms with van der Waals surface area (Å²) in [4.78, 5) is 6.46. The second-order valence-electron chi connectivity index (χ2n) is 7.53. The van der Waals surface area contributed by atoms with Gasteiger partial charge in [0.25, 0.3) is 0 Å². The lowest BCUT2D eigenvalue weighted by Crippen LogP contribution is -1.99. The molecule has 0 radical (unpaired) electrons. The SMILES string of the molecule is N#Cc1cc(-n2c3ccccc3c3ccc4c(c32)Sc2ccccc2C=C4)cc(C#N)n1. The summed E-state index contributed by atoms with van der Waals surface area (Å²) in [5.41, 5.74) is 5.63. The molecule has 0 aliphatic carbocycles. The molecule has 5 heteroatoms. The van der Waals surface area contributed by atoms with E-state index in [1.807, 2.05) is 12.1 Å². The highest BCUT2D eigenvalue weighted by molar-refractivity contribution is 7.99. The molecule has 0 amide bonds. The van der Waals surface area contributed by atoms with Crippen LogP contribution in [0.15, 0.2) is 82.6 Å². The molecule has 1 aliphatic rings. The van der Waals surface area contributed by atoms with Gasteiger partial charge >= 0.3 is 0 Å². The Bertz CT molecular complexity index is 1650. The van der Waals surface area contributed by atoms with Crippen LogP contribution in [0.2, 0.25) is 0 Å². The van der Waals surface area contributed by atoms with Gasteiger partial charge in [-0.15, -0.1) is 0 Å². The summed E-state index contributed by atoms with van der Waals surface area (Å²) in [5, 5.41) is 21.3. The molecule has 5 aromatic rings. The largest absolute Gasteiger partial charge is 0.308 e. The standard InChI is InChI=1S/C27H14N4S/c28-15-19-13-21(14-20(16-29)30-19)31-24-7-3-2-6-22(24)23-12-11-18-10-9-17-5-1-4-8-25(17)32-27(18)26(23)31/h1-14H. The zero-order chi connectivity index (χ0) is 21.7. The molecule has 0 N–H and O–H groups in total. The highest BCUT2D eigenvalue weighted by Crippen LogP contribution is 2.45. The fraction of sp³-hybridized carbons (Fsp3) is 0. The Kier molecular flexibility index (Phi) is 4.11. The van der Waals surface area contributed by atoms with Crippen LogP contribution in [0, 0.1) is 22.7 Å². The summed E-state index contributed by atoms with van der Waals surface area (Å²) in [6.07, 6.45) is 4.31. The summed E-state index contributed by atoms with van der Waals surface area (Å²) in [5.74, 6) is 0. The Balaban J connectivity index is 1.76. The van der Waals surface area contributed by atoms with Crippen LogP contribution in [0.5, 0.6) is 0 Å². The maximum Gasteiger partial charge on any atom is 0.144 e. The van der Waals surface area contributed by atoms with Crippen molar-refractivity contribution < 1.29 is 0 Å². The van der Waals surface area contributed by atoms with E-state index >= 15 is 0 Å². The topological polar surface area (TPSA) is 65.4 Å². The molecular formula is C27H14N4S. The molecule has 0 saturated carbocycles. The van der Waals surface area contributed by atoms with Crippen LogP contribution in [0.25, 0.3) is 39.6 Å². The average molecular weight is 427 g/mol. The van der Waals surface area contributed by atoms with Crippen molar-refractivity contribution in [2.45, 2.75) is 9.79 Å². The third kappa shape index (κ3) is 2.73. The van der Waals surface area contributed by atoms with Crippen molar-refractivity contribution in [2.24, 2.45) is 0 Å². The van der Waals surface area contributed by atoms with Gasteiger partial charge in [0.05, 0.1) is 16.7 Å². The predicted octanol–water partition coefficient (Wildman–Crippen LogP) is 6.56. The van der Waals surface area contributed by atoms with E-state index in [4.69, 9.17) is 0 Å². The highest BCUT2D eigenvalue weighted by atomic mass is 32.2. The number of pyridine rings is 1. The van der Waals surface area contributed by atoms with E-state index in [9.17, 15) is 10.5 Å². The molecule has 32 heavy (non-hydrogen) atoms. The van der Waals surface area contributed by atoms with Gasteiger partial charge in [-0.2, -0.15) is 10.5 Å². The van der Waals surface area contributed by atoms with Gasteiger partial charge in [0.2, 0.25) is 0 Å². The van der Waals surface area contributed by atoms with Crippen LogP contribution in [-0.4, -0.2) is 9.55 Å². The van der Waals surface area contributed by atoms with Crippen LogP contribution in [0.4, 0.5) is 0 Å². The molecule has 0 spiro atoms. The fourth-order valence-electron chi connectivity index (χ4n) is 4.31. The maximum absolute atomic E-state index is 9.50. The third-order valence-corrected chi connectivity index (χ3v) is 6.92. The lowest BCUT2D eigenvalue weighted by Gasteiger charge is -2.13. The quantitative estimate of drug-likeness (QED) is 0.299. The number of aromatic nitrogens is 2. The molecule has 1 aliphatic heterocycles. The van der Waals surface area contributed by atoms with Gasteiger partial charge in [-0.25, -0.2) is 4.98 Å². The summed E-state index contributed by atoms with van der Waals surface area (Å²) in [6, 6.07) is 28.6. The molecule has 3 aromatic carbocycles. The Morgan fingerprint density at radius 2 is 1.47 bits per heavy atom. The first kappa shape index (κ1) is 18.4. The van der Waals surface area contributed by atoms with Crippen molar-refractivity contribution in [1.82, 2.24) is 9.55 Å². The minimum atomic E-state index is 0.227. The second kappa shape index (κ2) is 7.13. The van der Waals surface area contributed by atoms with Gasteiger partial charge in [-0.1, -0.05) is 72.4 Å². The van der Waals surface area contributed by atoms with Crippen molar-refractivity contribution in [1.29, 1.82) is 10.5 Å². The molecule has 4 nitrogen and oxygen atoms in total. The molecule has 0 unspecified atom stereocenters. The molecule has 2 aromatic heterocycles. The molecule has 0 atom stereocenters. The van der Waals surface area contributed by atoms with Gasteiger partial charge in [-0.05, 0) is 35.4 Å². The van der Waals surface area contributed by atoms with E-state index < -0.39 is 0 Å². The smallest absolute Gasteiger partial charge is 0.144 e. The van der Waals surface area contributed by atoms with Crippen LogP contribution >= 0.6 is 11.8 Å². The van der Waals surface area contributed by atoms with Gasteiger partial charge in [0.15, 0.2) is 0 Å². The summed E-state index contributed by atoms with van der Waals surface area (Å²) < 4.78 is 2.15. The minimum Gasteiger partial charge on any atom is -0.308 e. The zero-order valence-electron chi connectivity index (χ0n) is 16.8. The average Bonchev–Trinajstić information content (AvgIpc) is 3.06. The summed E-state index contributed by atoms with van der Waals surface area (Å²) in [6.45, 7) is 0. The fourth-order valence-corrected chi connectivity index (χ4v) is 5.48. The first-order valence-corrected chi connectivity index (χ1v) is 10.9. The Morgan fingerprint density at radius 3 is 2.28 bits per heavy atom. The van der Waals surface area contributed by atoms with Gasteiger partial charge in [0.1, 0.15) is 23.5 Å². The van der Waals surface area contributed by atoms with E-state index in [0.29, 0.717) is 0 Å². The van der Waals surface area contributed by atoms with E-state index in [1.165, 1.54) is 10.5 Å². The Morgan fingerprint density at radius 1 is 0.750 bits per heavy atom. The number of hydrogen-bond acceptors (Lipinski definition) is 4. The van der Waals surface area contributed by atoms with E-state index in [-0.39, 0.29) is 11.4 Å². The van der Waals surface area contributed by atoms with E-state index in [0.717, 1.165) is 38.0 Å². The van der Waals surface area contributed by atoms with E-state index in [1.54, 1.807) is 23.9 Å². The van der Waals surface area contributed by atoms with Gasteiger partial charge in [-0.3, -0.25) is 0 Å². The number of para-hydroxylation sites is 1. The normalized spacial score (nSPS) is 12.1. The number of nitriles is 2. The molecule has 0 fully saturated rings. The number of fused-ring (bicyclic) bond motifs is 6. The van der Waals surface area contributed by atoms with E-state index in [2.05, 4.69) is 82.4 Å². The van der Waals surface area contributed by atoms with Crippen molar-refractivity contribution in [3.05, 3.63) is 95.3 Å². The molecular weight excluding hydrogens is 412 g/mol. The maximum atomic E-state index is 9.50. The highest BCUT2D eigenvalue weighted by Gasteiger charge is 2.20. The van der Waals surface area contributed by atoms with Crippen molar-refractivity contribution in [3.8, 4) is 17.8 Å². The van der Waals surface area contributed by atoms with Crippen LogP contribution in [0.1, 0.15) is 22.5 Å². The van der Waals surface area contributed by atoms with Crippen LogP contribution < -0.4 is 0 Å². The third-order valence-electron chi connectivity index (χ3n) is 5.69. The van der Waals surface area contributed by atoms with Gasteiger partial charge in [0, 0.05) is 20.6 Å². The van der Waals surface area contributed by atoms with Crippen molar-refractivity contribution in [2.75, 3.05) is 0 Å². The number of rotatable bonds is 1. The summed E-state index contributed by atoms with van der Waals surface area (Å²) in [7, 11) is 0. The predicted molar refractivity (Wildman–Crippen MR) is 127 cm³/mol. The molecule has 0 bridgehead atoms. The summed E-state index contributed by atoms with van der Waals surface area (Å²) >= 11 is 1.75. The molecule has 6 rings (SSSR count). The van der Waals surface area contributed by atoms with Gasteiger partial charge < -0.3 is 4.57 Å². The first-order valence-electron chi connectivity index (χ1n) is 10.1.